The molecule has 3 aromatic carbocycles. The van der Waals surface area contributed by atoms with E-state index in [9.17, 15) is 4.79 Å². The molecule has 5 nitrogen and oxygen atoms in total. The Labute approximate surface area is 189 Å². The van der Waals surface area contributed by atoms with Crippen molar-refractivity contribution in [2.45, 2.75) is 18.2 Å². The molecule has 156 valence electrons. The van der Waals surface area contributed by atoms with E-state index in [-0.39, 0.29) is 11.7 Å². The lowest BCUT2D eigenvalue weighted by Crippen LogP contribution is -2.14. The summed E-state index contributed by atoms with van der Waals surface area (Å²) in [6.45, 7) is 4.17. The molecule has 31 heavy (non-hydrogen) atoms. The summed E-state index contributed by atoms with van der Waals surface area (Å²) >= 11 is 2.82. The minimum atomic E-state index is -0.0766. The number of benzene rings is 3. The SMILES string of the molecule is Cc1ccc(Nc2nnc(SCC(=O)Nc3ccccc3-c3ccccc3)s2)cc1C. The molecule has 1 heterocycles. The number of para-hydroxylation sites is 1. The molecule has 0 aliphatic heterocycles. The average Bonchev–Trinajstić information content (AvgIpc) is 3.23. The van der Waals surface area contributed by atoms with Gasteiger partial charge < -0.3 is 10.6 Å². The molecule has 0 unspecified atom stereocenters. The fraction of sp³-hybridized carbons (Fsp3) is 0.125. The molecule has 0 saturated heterocycles. The second kappa shape index (κ2) is 9.76. The molecule has 0 bridgehead atoms. The largest absolute Gasteiger partial charge is 0.330 e. The molecule has 4 aromatic rings. The first-order chi connectivity index (χ1) is 15.1. The molecule has 0 spiro atoms. The minimum Gasteiger partial charge on any atom is -0.330 e. The van der Waals surface area contributed by atoms with Crippen LogP contribution in [0.1, 0.15) is 11.1 Å². The molecule has 0 saturated carbocycles. The van der Waals surface area contributed by atoms with Crippen molar-refractivity contribution < 1.29 is 4.79 Å². The number of thioether (sulfide) groups is 1. The van der Waals surface area contributed by atoms with Gasteiger partial charge in [0.15, 0.2) is 4.34 Å². The maximum Gasteiger partial charge on any atom is 0.234 e. The number of rotatable bonds is 7. The predicted molar refractivity (Wildman–Crippen MR) is 130 cm³/mol. The maximum absolute atomic E-state index is 12.5. The first-order valence-corrected chi connectivity index (χ1v) is 11.6. The molecule has 0 fully saturated rings. The van der Waals surface area contributed by atoms with E-state index < -0.39 is 0 Å². The lowest BCUT2D eigenvalue weighted by atomic mass is 10.0. The highest BCUT2D eigenvalue weighted by atomic mass is 32.2. The van der Waals surface area contributed by atoms with Gasteiger partial charge in [-0.25, -0.2) is 0 Å². The lowest BCUT2D eigenvalue weighted by molar-refractivity contribution is -0.113. The Morgan fingerprint density at radius 1 is 0.935 bits per heavy atom. The topological polar surface area (TPSA) is 66.9 Å². The summed E-state index contributed by atoms with van der Waals surface area (Å²) in [5.74, 6) is 0.189. The summed E-state index contributed by atoms with van der Waals surface area (Å²) < 4.78 is 0.748. The Hall–Kier alpha value is -3.16. The van der Waals surface area contributed by atoms with Crippen molar-refractivity contribution in [2.75, 3.05) is 16.4 Å². The van der Waals surface area contributed by atoms with Gasteiger partial charge in [0.2, 0.25) is 11.0 Å². The first-order valence-electron chi connectivity index (χ1n) is 9.83. The summed E-state index contributed by atoms with van der Waals surface area (Å²) in [5, 5.41) is 15.4. The van der Waals surface area contributed by atoms with E-state index in [0.29, 0.717) is 5.13 Å². The molecule has 0 radical (unpaired) electrons. The number of nitrogens with one attached hydrogen (secondary N) is 2. The van der Waals surface area contributed by atoms with Crippen molar-refractivity contribution in [3.63, 3.8) is 0 Å². The van der Waals surface area contributed by atoms with Crippen LogP contribution in [0, 0.1) is 13.8 Å². The van der Waals surface area contributed by atoms with Gasteiger partial charge in [-0.15, -0.1) is 10.2 Å². The number of carbonyl (C=O) groups is 1. The van der Waals surface area contributed by atoms with Crippen LogP contribution in [0.15, 0.2) is 77.1 Å². The smallest absolute Gasteiger partial charge is 0.234 e. The zero-order valence-corrected chi connectivity index (χ0v) is 18.9. The molecule has 0 aliphatic carbocycles. The lowest BCUT2D eigenvalue weighted by Gasteiger charge is -2.10. The van der Waals surface area contributed by atoms with Crippen molar-refractivity contribution in [3.8, 4) is 11.1 Å². The second-order valence-electron chi connectivity index (χ2n) is 7.05. The standard InChI is InChI=1S/C24H22N4OS2/c1-16-12-13-19(14-17(16)2)25-23-27-28-24(31-23)30-15-22(29)26-21-11-7-6-10-20(21)18-8-4-3-5-9-18/h3-14H,15H2,1-2H3,(H,25,27)(H,26,29). The molecule has 0 atom stereocenters. The predicted octanol–water partition coefficient (Wildman–Crippen LogP) is 6.30. The summed E-state index contributed by atoms with van der Waals surface area (Å²) in [6, 6.07) is 24.0. The number of amides is 1. The maximum atomic E-state index is 12.5. The van der Waals surface area contributed by atoms with Gasteiger partial charge in [-0.2, -0.15) is 0 Å². The Morgan fingerprint density at radius 3 is 2.52 bits per heavy atom. The van der Waals surface area contributed by atoms with E-state index >= 15 is 0 Å². The number of hydrogen-bond donors (Lipinski definition) is 2. The molecular weight excluding hydrogens is 424 g/mol. The molecule has 1 amide bonds. The van der Waals surface area contributed by atoms with Gasteiger partial charge in [-0.3, -0.25) is 4.79 Å². The third-order valence-electron chi connectivity index (χ3n) is 4.78. The Kier molecular flexibility index (Phi) is 6.64. The van der Waals surface area contributed by atoms with E-state index in [1.165, 1.54) is 34.2 Å². The highest BCUT2D eigenvalue weighted by Gasteiger charge is 2.11. The van der Waals surface area contributed by atoms with Gasteiger partial charge in [0, 0.05) is 16.9 Å². The van der Waals surface area contributed by atoms with Crippen molar-refractivity contribution in [1.29, 1.82) is 0 Å². The van der Waals surface area contributed by atoms with Crippen LogP contribution >= 0.6 is 23.1 Å². The van der Waals surface area contributed by atoms with Crippen molar-refractivity contribution in [2.24, 2.45) is 0 Å². The van der Waals surface area contributed by atoms with Crippen LogP contribution in [0.4, 0.5) is 16.5 Å². The quantitative estimate of drug-likeness (QED) is 0.326. The first kappa shape index (κ1) is 21.1. The van der Waals surface area contributed by atoms with Gasteiger partial charge >= 0.3 is 0 Å². The Balaban J connectivity index is 1.35. The zero-order chi connectivity index (χ0) is 21.6. The van der Waals surface area contributed by atoms with Crippen molar-refractivity contribution >= 4 is 45.5 Å². The molecule has 1 aromatic heterocycles. The number of hydrogen-bond acceptors (Lipinski definition) is 6. The minimum absolute atomic E-state index is 0.0766. The van der Waals surface area contributed by atoms with Gasteiger partial charge in [-0.1, -0.05) is 77.7 Å². The summed E-state index contributed by atoms with van der Waals surface area (Å²) in [4.78, 5) is 12.5. The fourth-order valence-corrected chi connectivity index (χ4v) is 4.61. The Morgan fingerprint density at radius 2 is 1.71 bits per heavy atom. The highest BCUT2D eigenvalue weighted by Crippen LogP contribution is 2.30. The Bertz CT molecular complexity index is 1190. The van der Waals surface area contributed by atoms with E-state index in [4.69, 9.17) is 0 Å². The van der Waals surface area contributed by atoms with E-state index in [1.807, 2.05) is 60.7 Å². The van der Waals surface area contributed by atoms with Crippen LogP contribution in [0.25, 0.3) is 11.1 Å². The molecule has 0 aliphatic rings. The zero-order valence-electron chi connectivity index (χ0n) is 17.3. The molecular formula is C24H22N4OS2. The van der Waals surface area contributed by atoms with Crippen LogP contribution in [0.2, 0.25) is 0 Å². The molecule has 4 rings (SSSR count). The van der Waals surface area contributed by atoms with Crippen LogP contribution in [0.5, 0.6) is 0 Å². The van der Waals surface area contributed by atoms with Gasteiger partial charge in [0.1, 0.15) is 0 Å². The van der Waals surface area contributed by atoms with E-state index in [1.54, 1.807) is 0 Å². The van der Waals surface area contributed by atoms with E-state index in [2.05, 4.69) is 46.8 Å². The highest BCUT2D eigenvalue weighted by molar-refractivity contribution is 8.01. The number of carbonyl (C=O) groups excluding carboxylic acids is 1. The third-order valence-corrected chi connectivity index (χ3v) is 6.75. The monoisotopic (exact) mass is 446 g/mol. The normalized spacial score (nSPS) is 10.6. The van der Waals surface area contributed by atoms with Crippen molar-refractivity contribution in [3.05, 3.63) is 83.9 Å². The van der Waals surface area contributed by atoms with E-state index in [0.717, 1.165) is 26.8 Å². The number of nitrogens with zero attached hydrogens (tertiary/aromatic N) is 2. The summed E-state index contributed by atoms with van der Waals surface area (Å²) in [6.07, 6.45) is 0. The van der Waals surface area contributed by atoms with Crippen LogP contribution in [-0.4, -0.2) is 21.9 Å². The third kappa shape index (κ3) is 5.51. The average molecular weight is 447 g/mol. The van der Waals surface area contributed by atoms with Gasteiger partial charge in [0.25, 0.3) is 0 Å². The second-order valence-corrected chi connectivity index (χ2v) is 9.25. The van der Waals surface area contributed by atoms with Crippen LogP contribution in [-0.2, 0) is 4.79 Å². The van der Waals surface area contributed by atoms with Crippen LogP contribution < -0.4 is 10.6 Å². The van der Waals surface area contributed by atoms with Gasteiger partial charge in [0.05, 0.1) is 5.75 Å². The molecule has 2 N–H and O–H groups in total. The number of aryl methyl sites for hydroxylation is 2. The molecule has 7 heteroatoms. The number of aromatic nitrogens is 2. The van der Waals surface area contributed by atoms with Crippen LogP contribution in [0.3, 0.4) is 0 Å². The summed E-state index contributed by atoms with van der Waals surface area (Å²) in [7, 11) is 0. The van der Waals surface area contributed by atoms with Crippen molar-refractivity contribution in [1.82, 2.24) is 10.2 Å². The fourth-order valence-electron chi connectivity index (χ4n) is 3.04. The van der Waals surface area contributed by atoms with Gasteiger partial charge in [-0.05, 0) is 48.7 Å². The summed E-state index contributed by atoms with van der Waals surface area (Å²) in [5.41, 5.74) is 6.31. The number of anilines is 3.